The number of rotatable bonds is 9. The molecular weight excluding hydrogens is 288 g/mol. The van der Waals surface area contributed by atoms with Crippen molar-refractivity contribution >= 4 is 23.6 Å². The van der Waals surface area contributed by atoms with E-state index in [1.807, 2.05) is 32.0 Å². The fourth-order valence-electron chi connectivity index (χ4n) is 1.75. The van der Waals surface area contributed by atoms with Crippen molar-refractivity contribution in [1.82, 2.24) is 10.3 Å². The zero-order chi connectivity index (χ0) is 15.7. The third-order valence-electron chi connectivity index (χ3n) is 2.89. The summed E-state index contributed by atoms with van der Waals surface area (Å²) < 4.78 is 0. The molecule has 0 atom stereocenters. The number of carbonyl (C=O) groups excluding carboxylic acids is 1. The topological polar surface area (TPSA) is 79.3 Å². The number of hydrogen-bond donors (Lipinski definition) is 2. The zero-order valence-corrected chi connectivity index (χ0v) is 13.3. The molecule has 6 heteroatoms. The van der Waals surface area contributed by atoms with Gasteiger partial charge in [-0.05, 0) is 32.4 Å². The summed E-state index contributed by atoms with van der Waals surface area (Å²) >= 11 is 1.66. The van der Waals surface area contributed by atoms with Gasteiger partial charge in [-0.3, -0.25) is 14.6 Å². The first-order chi connectivity index (χ1) is 9.89. The van der Waals surface area contributed by atoms with Crippen LogP contribution in [0.25, 0.3) is 0 Å². The van der Waals surface area contributed by atoms with Crippen LogP contribution in [-0.4, -0.2) is 33.3 Å². The van der Waals surface area contributed by atoms with Crippen LogP contribution in [0.4, 0.5) is 0 Å². The Hall–Kier alpha value is -1.56. The van der Waals surface area contributed by atoms with E-state index in [1.165, 1.54) is 0 Å². The lowest BCUT2D eigenvalue weighted by Crippen LogP contribution is -2.43. The van der Waals surface area contributed by atoms with Gasteiger partial charge in [0.1, 0.15) is 0 Å². The first-order valence-corrected chi connectivity index (χ1v) is 8.05. The minimum atomic E-state index is -0.844. The van der Waals surface area contributed by atoms with E-state index in [0.717, 1.165) is 17.2 Å². The van der Waals surface area contributed by atoms with Gasteiger partial charge >= 0.3 is 5.97 Å². The van der Waals surface area contributed by atoms with Crippen LogP contribution in [0, 0.1) is 0 Å². The molecule has 0 unspecified atom stereocenters. The van der Waals surface area contributed by atoms with Crippen molar-refractivity contribution in [3.05, 3.63) is 30.1 Å². The molecule has 0 saturated carbocycles. The molecule has 1 heterocycles. The monoisotopic (exact) mass is 310 g/mol. The maximum absolute atomic E-state index is 11.8. The molecule has 0 aliphatic rings. The number of aliphatic carboxylic acids is 1. The van der Waals surface area contributed by atoms with Gasteiger partial charge in [0.25, 0.3) is 0 Å². The lowest BCUT2D eigenvalue weighted by molar-refractivity contribution is -0.137. The van der Waals surface area contributed by atoms with Crippen LogP contribution in [-0.2, 0) is 15.3 Å². The molecule has 116 valence electrons. The molecule has 1 aromatic rings. The van der Waals surface area contributed by atoms with Gasteiger partial charge < -0.3 is 10.4 Å². The number of pyridine rings is 1. The van der Waals surface area contributed by atoms with Crippen molar-refractivity contribution in [3.8, 4) is 0 Å². The second-order valence-electron chi connectivity index (χ2n) is 5.45. The number of carboxylic acid groups (broad SMARTS) is 1. The summed E-state index contributed by atoms with van der Waals surface area (Å²) in [6.45, 7) is 3.68. The van der Waals surface area contributed by atoms with Crippen molar-refractivity contribution in [3.63, 3.8) is 0 Å². The standard InChI is InChI=1S/C15H22N2O3S/c1-15(2,8-6-14(19)20)17-13(18)7-10-21-11-12-5-3-4-9-16-12/h3-5,9H,6-8,10-11H2,1-2H3,(H,17,18)(H,19,20). The molecule has 1 aromatic heterocycles. The summed E-state index contributed by atoms with van der Waals surface area (Å²) in [7, 11) is 0. The van der Waals surface area contributed by atoms with E-state index in [0.29, 0.717) is 12.8 Å². The van der Waals surface area contributed by atoms with E-state index in [1.54, 1.807) is 18.0 Å². The van der Waals surface area contributed by atoms with Crippen molar-refractivity contribution < 1.29 is 14.7 Å². The molecule has 5 nitrogen and oxygen atoms in total. The van der Waals surface area contributed by atoms with E-state index in [-0.39, 0.29) is 12.3 Å². The summed E-state index contributed by atoms with van der Waals surface area (Å²) in [5.41, 5.74) is 0.519. The molecule has 0 aliphatic heterocycles. The number of hydrogen-bond acceptors (Lipinski definition) is 4. The van der Waals surface area contributed by atoms with Gasteiger partial charge in [-0.2, -0.15) is 11.8 Å². The van der Waals surface area contributed by atoms with Gasteiger partial charge in [-0.25, -0.2) is 0 Å². The normalized spacial score (nSPS) is 11.1. The Kier molecular flexibility index (Phi) is 7.22. The molecule has 0 saturated heterocycles. The van der Waals surface area contributed by atoms with Crippen LogP contribution in [0.2, 0.25) is 0 Å². The molecule has 0 spiro atoms. The third-order valence-corrected chi connectivity index (χ3v) is 3.88. The van der Waals surface area contributed by atoms with Gasteiger partial charge in [-0.15, -0.1) is 0 Å². The van der Waals surface area contributed by atoms with E-state index in [4.69, 9.17) is 5.11 Å². The third kappa shape index (κ3) is 8.34. The summed E-state index contributed by atoms with van der Waals surface area (Å²) in [4.78, 5) is 26.6. The number of nitrogens with zero attached hydrogens (tertiary/aromatic N) is 1. The number of nitrogens with one attached hydrogen (secondary N) is 1. The Balaban J connectivity index is 2.20. The van der Waals surface area contributed by atoms with Gasteiger partial charge in [0.2, 0.25) is 5.91 Å². The maximum Gasteiger partial charge on any atom is 0.303 e. The highest BCUT2D eigenvalue weighted by Crippen LogP contribution is 2.13. The smallest absolute Gasteiger partial charge is 0.303 e. The molecule has 0 aliphatic carbocycles. The fourth-order valence-corrected chi connectivity index (χ4v) is 2.60. The summed E-state index contributed by atoms with van der Waals surface area (Å²) in [5.74, 6) is 0.621. The van der Waals surface area contributed by atoms with Crippen LogP contribution in [0.5, 0.6) is 0 Å². The highest BCUT2D eigenvalue weighted by molar-refractivity contribution is 7.98. The van der Waals surface area contributed by atoms with E-state index in [2.05, 4.69) is 10.3 Å². The van der Waals surface area contributed by atoms with Crippen LogP contribution >= 0.6 is 11.8 Å². The summed E-state index contributed by atoms with van der Waals surface area (Å²) in [6.07, 6.45) is 2.67. The van der Waals surface area contributed by atoms with Crippen LogP contribution < -0.4 is 5.32 Å². The first-order valence-electron chi connectivity index (χ1n) is 6.89. The van der Waals surface area contributed by atoms with Crippen molar-refractivity contribution in [1.29, 1.82) is 0 Å². The number of carbonyl (C=O) groups is 2. The van der Waals surface area contributed by atoms with Crippen molar-refractivity contribution in [2.75, 3.05) is 5.75 Å². The lowest BCUT2D eigenvalue weighted by Gasteiger charge is -2.25. The Labute approximate surface area is 129 Å². The van der Waals surface area contributed by atoms with Gasteiger partial charge in [0.05, 0.1) is 5.69 Å². The van der Waals surface area contributed by atoms with E-state index in [9.17, 15) is 9.59 Å². The quantitative estimate of drug-likeness (QED) is 0.685. The van der Waals surface area contributed by atoms with E-state index >= 15 is 0 Å². The highest BCUT2D eigenvalue weighted by atomic mass is 32.2. The Morgan fingerprint density at radius 2 is 2.10 bits per heavy atom. The average Bonchev–Trinajstić information content (AvgIpc) is 2.42. The largest absolute Gasteiger partial charge is 0.481 e. The zero-order valence-electron chi connectivity index (χ0n) is 12.5. The number of carboxylic acids is 1. The predicted molar refractivity (Wildman–Crippen MR) is 84.1 cm³/mol. The van der Waals surface area contributed by atoms with E-state index < -0.39 is 11.5 Å². The van der Waals surface area contributed by atoms with Crippen molar-refractivity contribution in [2.24, 2.45) is 0 Å². The van der Waals surface area contributed by atoms with Gasteiger partial charge in [-0.1, -0.05) is 6.07 Å². The molecule has 0 aromatic carbocycles. The molecule has 0 bridgehead atoms. The summed E-state index contributed by atoms with van der Waals surface area (Å²) in [6, 6.07) is 5.78. The average molecular weight is 310 g/mol. The molecule has 1 rings (SSSR count). The number of thioether (sulfide) groups is 1. The lowest BCUT2D eigenvalue weighted by atomic mass is 9.98. The molecule has 0 fully saturated rings. The van der Waals surface area contributed by atoms with Gasteiger partial charge in [0, 0.05) is 36.1 Å². The number of amides is 1. The van der Waals surface area contributed by atoms with Crippen LogP contribution in [0.1, 0.15) is 38.8 Å². The second-order valence-corrected chi connectivity index (χ2v) is 6.55. The molecule has 1 amide bonds. The Morgan fingerprint density at radius 3 is 2.71 bits per heavy atom. The van der Waals surface area contributed by atoms with Crippen LogP contribution in [0.15, 0.2) is 24.4 Å². The minimum absolute atomic E-state index is 0.0427. The maximum atomic E-state index is 11.8. The van der Waals surface area contributed by atoms with Crippen LogP contribution in [0.3, 0.4) is 0 Å². The molecule has 2 N–H and O–H groups in total. The molecular formula is C15H22N2O3S. The molecule has 0 radical (unpaired) electrons. The Bertz CT molecular complexity index is 463. The van der Waals surface area contributed by atoms with Crippen molar-refractivity contribution in [2.45, 2.75) is 44.4 Å². The predicted octanol–water partition coefficient (Wildman–Crippen LogP) is 2.46. The van der Waals surface area contributed by atoms with Gasteiger partial charge in [0.15, 0.2) is 0 Å². The number of aromatic nitrogens is 1. The second kappa shape index (κ2) is 8.67. The molecule has 21 heavy (non-hydrogen) atoms. The fraction of sp³-hybridized carbons (Fsp3) is 0.533. The Morgan fingerprint density at radius 1 is 1.33 bits per heavy atom. The summed E-state index contributed by atoms with van der Waals surface area (Å²) in [5, 5.41) is 11.5. The first kappa shape index (κ1) is 17.5. The SMILES string of the molecule is CC(C)(CCC(=O)O)NC(=O)CCSCc1ccccn1. The highest BCUT2D eigenvalue weighted by Gasteiger charge is 2.21. The minimum Gasteiger partial charge on any atom is -0.481 e.